The lowest BCUT2D eigenvalue weighted by atomic mass is 10.0. The summed E-state index contributed by atoms with van der Waals surface area (Å²) >= 11 is 0. The van der Waals surface area contributed by atoms with Gasteiger partial charge in [-0.15, -0.1) is 0 Å². The Morgan fingerprint density at radius 2 is 1.90 bits per heavy atom. The number of hydrogen-bond acceptors (Lipinski definition) is 4. The van der Waals surface area contributed by atoms with E-state index in [0.717, 1.165) is 18.4 Å². The van der Waals surface area contributed by atoms with Crippen LogP contribution in [-0.2, 0) is 16.1 Å². The summed E-state index contributed by atoms with van der Waals surface area (Å²) in [4.78, 5) is 42.7. The van der Waals surface area contributed by atoms with Gasteiger partial charge in [-0.05, 0) is 43.0 Å². The van der Waals surface area contributed by atoms with Gasteiger partial charge in [0.2, 0.25) is 5.91 Å². The lowest BCUT2D eigenvalue weighted by Crippen LogP contribution is -2.44. The van der Waals surface area contributed by atoms with Crippen LogP contribution in [-0.4, -0.2) is 55.5 Å². The number of anilines is 1. The Kier molecular flexibility index (Phi) is 6.32. The van der Waals surface area contributed by atoms with Gasteiger partial charge in [-0.3, -0.25) is 14.4 Å². The van der Waals surface area contributed by atoms with E-state index in [2.05, 4.69) is 5.32 Å². The Labute approximate surface area is 182 Å². The predicted molar refractivity (Wildman–Crippen MR) is 117 cm³/mol. The fourth-order valence-corrected chi connectivity index (χ4v) is 4.34. The van der Waals surface area contributed by atoms with Crippen LogP contribution in [0.3, 0.4) is 0 Å². The van der Waals surface area contributed by atoms with Crippen LogP contribution >= 0.6 is 0 Å². The van der Waals surface area contributed by atoms with Gasteiger partial charge in [0.15, 0.2) is 0 Å². The Balaban J connectivity index is 1.64. The Morgan fingerprint density at radius 3 is 2.74 bits per heavy atom. The zero-order valence-electron chi connectivity index (χ0n) is 17.7. The fraction of sp³-hybridized carbons (Fsp3) is 0.375. The second-order valence-corrected chi connectivity index (χ2v) is 7.86. The summed E-state index contributed by atoms with van der Waals surface area (Å²) < 4.78 is 5.03. The predicted octanol–water partition coefficient (Wildman–Crippen LogP) is 2.60. The minimum Gasteiger partial charge on any atom is -0.385 e. The third-order valence-corrected chi connectivity index (χ3v) is 5.89. The molecule has 162 valence electrons. The quantitative estimate of drug-likeness (QED) is 0.697. The van der Waals surface area contributed by atoms with Gasteiger partial charge < -0.3 is 19.9 Å². The second kappa shape index (κ2) is 9.31. The van der Waals surface area contributed by atoms with Crippen molar-refractivity contribution in [2.75, 3.05) is 31.7 Å². The smallest absolute Gasteiger partial charge is 0.256 e. The van der Waals surface area contributed by atoms with Crippen LogP contribution < -0.4 is 10.2 Å². The first-order valence-corrected chi connectivity index (χ1v) is 10.7. The molecule has 7 heteroatoms. The zero-order valence-corrected chi connectivity index (χ0v) is 17.7. The van der Waals surface area contributed by atoms with E-state index in [1.165, 1.54) is 0 Å². The average molecular weight is 421 g/mol. The molecule has 1 fully saturated rings. The summed E-state index contributed by atoms with van der Waals surface area (Å²) in [6.45, 7) is 1.91. The number of hydrogen-bond donors (Lipinski definition) is 1. The van der Waals surface area contributed by atoms with E-state index in [1.54, 1.807) is 35.1 Å². The molecule has 0 radical (unpaired) electrons. The Bertz CT molecular complexity index is 990. The molecule has 0 aliphatic carbocycles. The van der Waals surface area contributed by atoms with E-state index < -0.39 is 6.04 Å². The SMILES string of the molecule is COCCCNC(=O)c1ccccc1CN1C(=O)C2CCCN2C(=O)c2ccccc21. The maximum absolute atomic E-state index is 13.5. The van der Waals surface area contributed by atoms with E-state index >= 15 is 0 Å². The molecule has 4 rings (SSSR count). The summed E-state index contributed by atoms with van der Waals surface area (Å²) in [6.07, 6.45) is 2.21. The first-order valence-electron chi connectivity index (χ1n) is 10.7. The van der Waals surface area contributed by atoms with Gasteiger partial charge in [0.05, 0.1) is 17.8 Å². The molecule has 0 saturated carbocycles. The number of nitrogens with one attached hydrogen (secondary N) is 1. The molecule has 2 aromatic rings. The standard InChI is InChI=1S/C24H27N3O4/c1-31-15-7-13-25-22(28)18-9-3-2-8-17(18)16-27-20-11-5-4-10-19(20)23(29)26-14-6-12-21(26)24(27)30/h2-5,8-11,21H,6-7,12-16H2,1H3,(H,25,28). The number of rotatable bonds is 7. The maximum atomic E-state index is 13.5. The summed E-state index contributed by atoms with van der Waals surface area (Å²) in [7, 11) is 1.63. The van der Waals surface area contributed by atoms with Crippen LogP contribution in [0.25, 0.3) is 0 Å². The minimum absolute atomic E-state index is 0.0916. The highest BCUT2D eigenvalue weighted by Gasteiger charge is 2.42. The molecule has 3 amide bonds. The molecule has 1 atom stereocenters. The van der Waals surface area contributed by atoms with Crippen molar-refractivity contribution >= 4 is 23.4 Å². The minimum atomic E-state index is -0.449. The molecule has 2 aromatic carbocycles. The van der Waals surface area contributed by atoms with Crippen molar-refractivity contribution in [2.24, 2.45) is 0 Å². The van der Waals surface area contributed by atoms with Gasteiger partial charge in [0, 0.05) is 32.4 Å². The summed E-state index contributed by atoms with van der Waals surface area (Å²) in [5.74, 6) is -0.370. The molecule has 2 heterocycles. The number of carbonyl (C=O) groups excluding carboxylic acids is 3. The van der Waals surface area contributed by atoms with Gasteiger partial charge in [0.25, 0.3) is 11.8 Å². The van der Waals surface area contributed by atoms with Crippen molar-refractivity contribution in [3.05, 3.63) is 65.2 Å². The number of nitrogens with zero attached hydrogens (tertiary/aromatic N) is 2. The van der Waals surface area contributed by atoms with Crippen molar-refractivity contribution in [2.45, 2.75) is 31.8 Å². The lowest BCUT2D eigenvalue weighted by molar-refractivity contribution is -0.122. The van der Waals surface area contributed by atoms with Crippen molar-refractivity contribution in [3.8, 4) is 0 Å². The second-order valence-electron chi connectivity index (χ2n) is 7.86. The summed E-state index contributed by atoms with van der Waals surface area (Å²) in [5.41, 5.74) is 2.40. The molecule has 2 aliphatic rings. The maximum Gasteiger partial charge on any atom is 0.256 e. The van der Waals surface area contributed by atoms with Crippen LogP contribution in [0.15, 0.2) is 48.5 Å². The van der Waals surface area contributed by atoms with Crippen LogP contribution in [0.2, 0.25) is 0 Å². The highest BCUT2D eigenvalue weighted by Crippen LogP contribution is 2.33. The van der Waals surface area contributed by atoms with Crippen molar-refractivity contribution in [3.63, 3.8) is 0 Å². The van der Waals surface area contributed by atoms with Crippen LogP contribution in [0.4, 0.5) is 5.69 Å². The molecule has 0 bridgehead atoms. The lowest BCUT2D eigenvalue weighted by Gasteiger charge is -2.26. The molecule has 7 nitrogen and oxygen atoms in total. The number of benzene rings is 2. The van der Waals surface area contributed by atoms with E-state index in [-0.39, 0.29) is 24.3 Å². The largest absolute Gasteiger partial charge is 0.385 e. The number of para-hydroxylation sites is 1. The molecule has 0 spiro atoms. The number of fused-ring (bicyclic) bond motifs is 2. The molecule has 0 aromatic heterocycles. The molecular formula is C24H27N3O4. The van der Waals surface area contributed by atoms with E-state index in [4.69, 9.17) is 4.74 Å². The highest BCUT2D eigenvalue weighted by molar-refractivity contribution is 6.11. The first kappa shape index (κ1) is 21.1. The first-order chi connectivity index (χ1) is 15.1. The van der Waals surface area contributed by atoms with Gasteiger partial charge in [-0.2, -0.15) is 0 Å². The molecule has 31 heavy (non-hydrogen) atoms. The average Bonchev–Trinajstić information content (AvgIpc) is 3.27. The molecule has 1 saturated heterocycles. The molecule has 1 N–H and O–H groups in total. The fourth-order valence-electron chi connectivity index (χ4n) is 4.34. The van der Waals surface area contributed by atoms with Crippen LogP contribution in [0, 0.1) is 0 Å². The number of carbonyl (C=O) groups is 3. The zero-order chi connectivity index (χ0) is 21.8. The number of amides is 3. The summed E-state index contributed by atoms with van der Waals surface area (Å²) in [5, 5.41) is 2.91. The number of ether oxygens (including phenoxy) is 1. The topological polar surface area (TPSA) is 79.0 Å². The normalized spacial score (nSPS) is 17.9. The molecular weight excluding hydrogens is 394 g/mol. The highest BCUT2D eigenvalue weighted by atomic mass is 16.5. The molecule has 1 unspecified atom stereocenters. The van der Waals surface area contributed by atoms with Crippen molar-refractivity contribution in [1.82, 2.24) is 10.2 Å². The van der Waals surface area contributed by atoms with Crippen molar-refractivity contribution < 1.29 is 19.1 Å². The molecule has 2 aliphatic heterocycles. The van der Waals surface area contributed by atoms with Crippen LogP contribution in [0.5, 0.6) is 0 Å². The van der Waals surface area contributed by atoms with Crippen LogP contribution in [0.1, 0.15) is 45.5 Å². The van der Waals surface area contributed by atoms with Crippen molar-refractivity contribution in [1.29, 1.82) is 0 Å². The van der Waals surface area contributed by atoms with Gasteiger partial charge in [0.1, 0.15) is 6.04 Å². The number of methoxy groups -OCH3 is 1. The van der Waals surface area contributed by atoms with Gasteiger partial charge >= 0.3 is 0 Å². The van der Waals surface area contributed by atoms with E-state index in [1.807, 2.05) is 30.3 Å². The van der Waals surface area contributed by atoms with E-state index in [0.29, 0.717) is 42.9 Å². The Morgan fingerprint density at radius 1 is 1.13 bits per heavy atom. The third kappa shape index (κ3) is 4.18. The monoisotopic (exact) mass is 421 g/mol. The Hall–Kier alpha value is -3.19. The van der Waals surface area contributed by atoms with Gasteiger partial charge in [-0.1, -0.05) is 30.3 Å². The van der Waals surface area contributed by atoms with E-state index in [9.17, 15) is 14.4 Å². The summed E-state index contributed by atoms with van der Waals surface area (Å²) in [6, 6.07) is 14.1. The van der Waals surface area contributed by atoms with Gasteiger partial charge in [-0.25, -0.2) is 0 Å². The third-order valence-electron chi connectivity index (χ3n) is 5.89.